The number of anilines is 1. The lowest BCUT2D eigenvalue weighted by Crippen LogP contribution is -2.32. The Morgan fingerprint density at radius 1 is 1.37 bits per heavy atom. The van der Waals surface area contributed by atoms with Gasteiger partial charge >= 0.3 is 0 Å². The van der Waals surface area contributed by atoms with E-state index in [9.17, 15) is 9.59 Å². The molecule has 0 saturated carbocycles. The third-order valence-corrected chi connectivity index (χ3v) is 4.52. The van der Waals surface area contributed by atoms with Crippen LogP contribution in [0.3, 0.4) is 0 Å². The largest absolute Gasteiger partial charge is 0.491 e. The summed E-state index contributed by atoms with van der Waals surface area (Å²) in [6.07, 6.45) is 1.62. The number of hydrogen-bond acceptors (Lipinski definition) is 5. The lowest BCUT2D eigenvalue weighted by Gasteiger charge is -2.20. The number of carbonyl (C=O) groups is 2. The number of amides is 2. The van der Waals surface area contributed by atoms with E-state index in [0.717, 1.165) is 23.6 Å². The summed E-state index contributed by atoms with van der Waals surface area (Å²) in [7, 11) is 1.47. The zero-order valence-electron chi connectivity index (χ0n) is 15.8. The molecular weight excluding hydrogens is 348 g/mol. The number of carbonyl (C=O) groups excluding carboxylic acids is 2. The van der Waals surface area contributed by atoms with Crippen LogP contribution in [0.5, 0.6) is 5.75 Å². The van der Waals surface area contributed by atoms with Gasteiger partial charge in [-0.1, -0.05) is 0 Å². The van der Waals surface area contributed by atoms with Crippen molar-refractivity contribution in [1.29, 1.82) is 0 Å². The number of fused-ring (bicyclic) bond motifs is 1. The summed E-state index contributed by atoms with van der Waals surface area (Å²) in [5.41, 5.74) is 2.94. The van der Waals surface area contributed by atoms with Crippen LogP contribution in [0.1, 0.15) is 28.5 Å². The zero-order chi connectivity index (χ0) is 19.4. The molecule has 0 atom stereocenters. The van der Waals surface area contributed by atoms with Crippen LogP contribution >= 0.6 is 0 Å². The maximum atomic E-state index is 13.0. The molecule has 2 aromatic rings. The molecule has 0 bridgehead atoms. The summed E-state index contributed by atoms with van der Waals surface area (Å²) in [5.74, 6) is 0.413. The standard InChI is InChI=1S/C19H24N4O4/c1-4-23-13(2)16(10-20-23)19(25)22-7-8-27-17-6-5-15(9-14(17)11-22)21-18(24)12-26-3/h5-6,9-10H,4,7-8,11-12H2,1-3H3,(H,21,24). The number of rotatable bonds is 5. The van der Waals surface area contributed by atoms with E-state index in [1.807, 2.05) is 26.0 Å². The van der Waals surface area contributed by atoms with Crippen molar-refractivity contribution in [3.8, 4) is 5.75 Å². The predicted molar refractivity (Wildman–Crippen MR) is 99.8 cm³/mol. The fraction of sp³-hybridized carbons (Fsp3) is 0.421. The highest BCUT2D eigenvalue weighted by Crippen LogP contribution is 2.27. The second-order valence-corrected chi connectivity index (χ2v) is 6.34. The number of aryl methyl sites for hydroxylation is 1. The Hall–Kier alpha value is -2.87. The lowest BCUT2D eigenvalue weighted by molar-refractivity contribution is -0.119. The topological polar surface area (TPSA) is 85.7 Å². The molecule has 27 heavy (non-hydrogen) atoms. The van der Waals surface area contributed by atoms with Crippen molar-refractivity contribution in [2.24, 2.45) is 0 Å². The number of benzene rings is 1. The molecule has 0 unspecified atom stereocenters. The molecule has 1 aromatic heterocycles. The zero-order valence-corrected chi connectivity index (χ0v) is 15.8. The Kier molecular flexibility index (Phi) is 5.75. The second kappa shape index (κ2) is 8.22. The number of nitrogens with zero attached hydrogens (tertiary/aromatic N) is 3. The van der Waals surface area contributed by atoms with Crippen molar-refractivity contribution in [2.45, 2.75) is 26.9 Å². The van der Waals surface area contributed by atoms with Gasteiger partial charge < -0.3 is 19.7 Å². The fourth-order valence-electron chi connectivity index (χ4n) is 3.12. The van der Waals surface area contributed by atoms with Gasteiger partial charge in [0, 0.05) is 37.1 Å². The average Bonchev–Trinajstić information content (AvgIpc) is 2.89. The predicted octanol–water partition coefficient (Wildman–Crippen LogP) is 1.83. The third kappa shape index (κ3) is 4.11. The quantitative estimate of drug-likeness (QED) is 0.865. The van der Waals surface area contributed by atoms with Gasteiger partial charge in [0.15, 0.2) is 0 Å². The molecule has 8 nitrogen and oxygen atoms in total. The molecule has 2 amide bonds. The van der Waals surface area contributed by atoms with E-state index < -0.39 is 0 Å². The van der Waals surface area contributed by atoms with Crippen molar-refractivity contribution in [3.05, 3.63) is 41.2 Å². The Morgan fingerprint density at radius 2 is 2.19 bits per heavy atom. The Balaban J connectivity index is 1.80. The van der Waals surface area contributed by atoms with Crippen LogP contribution in [0, 0.1) is 6.92 Å². The minimum atomic E-state index is -0.234. The van der Waals surface area contributed by atoms with Crippen molar-refractivity contribution in [1.82, 2.24) is 14.7 Å². The van der Waals surface area contributed by atoms with Gasteiger partial charge in [0.1, 0.15) is 19.0 Å². The summed E-state index contributed by atoms with van der Waals surface area (Å²) < 4.78 is 12.4. The van der Waals surface area contributed by atoms with Crippen LogP contribution in [0.15, 0.2) is 24.4 Å². The van der Waals surface area contributed by atoms with Crippen molar-refractivity contribution in [2.75, 3.05) is 32.2 Å². The van der Waals surface area contributed by atoms with Gasteiger partial charge in [0.2, 0.25) is 5.91 Å². The first-order valence-corrected chi connectivity index (χ1v) is 8.89. The molecule has 0 fully saturated rings. The van der Waals surface area contributed by atoms with Gasteiger partial charge in [-0.3, -0.25) is 14.3 Å². The average molecular weight is 372 g/mol. The molecule has 0 aliphatic carbocycles. The summed E-state index contributed by atoms with van der Waals surface area (Å²) in [6, 6.07) is 5.42. The Morgan fingerprint density at radius 3 is 2.89 bits per heavy atom. The molecular formula is C19H24N4O4. The number of nitrogens with one attached hydrogen (secondary N) is 1. The molecule has 8 heteroatoms. The van der Waals surface area contributed by atoms with E-state index in [0.29, 0.717) is 30.9 Å². The van der Waals surface area contributed by atoms with Crippen molar-refractivity contribution < 1.29 is 19.1 Å². The lowest BCUT2D eigenvalue weighted by atomic mass is 10.1. The molecule has 1 aliphatic heterocycles. The molecule has 1 aromatic carbocycles. The second-order valence-electron chi connectivity index (χ2n) is 6.34. The molecule has 3 rings (SSSR count). The number of aromatic nitrogens is 2. The highest BCUT2D eigenvalue weighted by Gasteiger charge is 2.24. The van der Waals surface area contributed by atoms with E-state index in [2.05, 4.69) is 10.4 Å². The van der Waals surface area contributed by atoms with Gasteiger partial charge in [-0.2, -0.15) is 5.10 Å². The summed E-state index contributed by atoms with van der Waals surface area (Å²) in [6.45, 7) is 5.89. The maximum absolute atomic E-state index is 13.0. The van der Waals surface area contributed by atoms with Crippen molar-refractivity contribution in [3.63, 3.8) is 0 Å². The van der Waals surface area contributed by atoms with E-state index in [1.54, 1.807) is 21.8 Å². The highest BCUT2D eigenvalue weighted by molar-refractivity contribution is 5.95. The van der Waals surface area contributed by atoms with Gasteiger partial charge in [-0.15, -0.1) is 0 Å². The molecule has 0 saturated heterocycles. The minimum absolute atomic E-state index is 0.0150. The fourth-order valence-corrected chi connectivity index (χ4v) is 3.12. The number of methoxy groups -OCH3 is 1. The SMILES string of the molecule is CCn1ncc(C(=O)N2CCOc3ccc(NC(=O)COC)cc3C2)c1C. The van der Waals surface area contributed by atoms with Crippen LogP contribution in [-0.2, 0) is 22.6 Å². The van der Waals surface area contributed by atoms with Crippen LogP contribution in [0.25, 0.3) is 0 Å². The maximum Gasteiger partial charge on any atom is 0.257 e. The van der Waals surface area contributed by atoms with E-state index in [1.165, 1.54) is 7.11 Å². The smallest absolute Gasteiger partial charge is 0.257 e. The first-order valence-electron chi connectivity index (χ1n) is 8.89. The number of hydrogen-bond donors (Lipinski definition) is 1. The van der Waals surface area contributed by atoms with Gasteiger partial charge in [-0.05, 0) is 32.0 Å². The molecule has 1 aliphatic rings. The summed E-state index contributed by atoms with van der Waals surface area (Å²) >= 11 is 0. The molecule has 144 valence electrons. The summed E-state index contributed by atoms with van der Waals surface area (Å²) in [5, 5.41) is 7.03. The third-order valence-electron chi connectivity index (χ3n) is 4.52. The molecule has 2 heterocycles. The van der Waals surface area contributed by atoms with Crippen LogP contribution in [0.4, 0.5) is 5.69 Å². The Labute approximate surface area is 158 Å². The minimum Gasteiger partial charge on any atom is -0.491 e. The molecule has 0 radical (unpaired) electrons. The first kappa shape index (κ1) is 18.9. The molecule has 1 N–H and O–H groups in total. The van der Waals surface area contributed by atoms with Gasteiger partial charge in [0.25, 0.3) is 5.91 Å². The van der Waals surface area contributed by atoms with Crippen LogP contribution in [0.2, 0.25) is 0 Å². The van der Waals surface area contributed by atoms with Gasteiger partial charge in [0.05, 0.1) is 18.3 Å². The Bertz CT molecular complexity index is 846. The van der Waals surface area contributed by atoms with Crippen LogP contribution in [-0.4, -0.2) is 53.4 Å². The normalized spacial score (nSPS) is 13.5. The molecule has 0 spiro atoms. The van der Waals surface area contributed by atoms with E-state index in [-0.39, 0.29) is 18.4 Å². The summed E-state index contributed by atoms with van der Waals surface area (Å²) in [4.78, 5) is 26.5. The number of ether oxygens (including phenoxy) is 2. The van der Waals surface area contributed by atoms with Crippen LogP contribution < -0.4 is 10.1 Å². The van der Waals surface area contributed by atoms with E-state index >= 15 is 0 Å². The van der Waals surface area contributed by atoms with Crippen molar-refractivity contribution >= 4 is 17.5 Å². The van der Waals surface area contributed by atoms with E-state index in [4.69, 9.17) is 9.47 Å². The van der Waals surface area contributed by atoms with Gasteiger partial charge in [-0.25, -0.2) is 0 Å². The highest BCUT2D eigenvalue weighted by atomic mass is 16.5. The first-order chi connectivity index (χ1) is 13.0. The monoisotopic (exact) mass is 372 g/mol.